The van der Waals surface area contributed by atoms with Gasteiger partial charge in [0.05, 0.1) is 7.11 Å². The van der Waals surface area contributed by atoms with Gasteiger partial charge in [-0.2, -0.15) is 0 Å². The second-order valence-electron chi connectivity index (χ2n) is 3.26. The maximum atomic E-state index is 13.4. The minimum Gasteiger partial charge on any atom is -0.470 e. The van der Waals surface area contributed by atoms with Crippen LogP contribution in [0, 0.1) is 5.82 Å². The van der Waals surface area contributed by atoms with Crippen LogP contribution in [0.3, 0.4) is 0 Å². The van der Waals surface area contributed by atoms with Crippen LogP contribution in [0.25, 0.3) is 0 Å². The van der Waals surface area contributed by atoms with E-state index in [0.717, 1.165) is 13.2 Å². The fourth-order valence-electron chi connectivity index (χ4n) is 1.17. The lowest BCUT2D eigenvalue weighted by atomic mass is 10.3. The lowest BCUT2D eigenvalue weighted by molar-refractivity contribution is -0.177. The molecule has 0 heterocycles. The quantitative estimate of drug-likeness (QED) is 0.657. The molecule has 0 saturated carbocycles. The van der Waals surface area contributed by atoms with Crippen LogP contribution < -0.4 is 4.74 Å². The van der Waals surface area contributed by atoms with Crippen LogP contribution in [0.5, 0.6) is 5.75 Å². The lowest BCUT2D eigenvalue weighted by Gasteiger charge is -2.21. The Morgan fingerprint density at radius 3 is 2.67 bits per heavy atom. The molecule has 1 rings (SSSR count). The fourth-order valence-corrected chi connectivity index (χ4v) is 1.51. The van der Waals surface area contributed by atoms with Crippen molar-refractivity contribution in [2.75, 3.05) is 14.2 Å². The molecular formula is C11H12BrFO5. The number of esters is 1. The second-order valence-corrected chi connectivity index (χ2v) is 4.18. The van der Waals surface area contributed by atoms with E-state index in [4.69, 9.17) is 4.74 Å². The van der Waals surface area contributed by atoms with Crippen LogP contribution in [0.4, 0.5) is 4.39 Å². The van der Waals surface area contributed by atoms with Gasteiger partial charge in [0.15, 0.2) is 11.6 Å². The highest BCUT2D eigenvalue weighted by molar-refractivity contribution is 9.10. The van der Waals surface area contributed by atoms with Crippen molar-refractivity contribution in [1.29, 1.82) is 0 Å². The number of benzene rings is 1. The van der Waals surface area contributed by atoms with Crippen LogP contribution in [0.15, 0.2) is 22.7 Å². The summed E-state index contributed by atoms with van der Waals surface area (Å²) in [4.78, 5) is 11.4. The number of ether oxygens (including phenoxy) is 3. The molecular weight excluding hydrogens is 311 g/mol. The van der Waals surface area contributed by atoms with E-state index in [1.54, 1.807) is 0 Å². The number of carbonyl (C=O) groups excluding carboxylic acids is 1. The summed E-state index contributed by atoms with van der Waals surface area (Å²) in [6.07, 6.45) is -3.03. The van der Waals surface area contributed by atoms with E-state index in [1.165, 1.54) is 19.2 Å². The monoisotopic (exact) mass is 322 g/mol. The largest absolute Gasteiger partial charge is 0.470 e. The molecule has 0 aliphatic rings. The Morgan fingerprint density at radius 2 is 2.11 bits per heavy atom. The molecule has 2 atom stereocenters. The van der Waals surface area contributed by atoms with E-state index >= 15 is 0 Å². The molecule has 1 aromatic rings. The van der Waals surface area contributed by atoms with Crippen molar-refractivity contribution < 1.29 is 28.5 Å². The molecule has 2 unspecified atom stereocenters. The van der Waals surface area contributed by atoms with Gasteiger partial charge in [-0.05, 0) is 18.2 Å². The van der Waals surface area contributed by atoms with Crippen LogP contribution >= 0.6 is 15.9 Å². The molecule has 0 aromatic heterocycles. The summed E-state index contributed by atoms with van der Waals surface area (Å²) in [5.41, 5.74) is 0. The summed E-state index contributed by atoms with van der Waals surface area (Å²) >= 11 is 3.14. The number of hydrogen-bond donors (Lipinski definition) is 1. The van der Waals surface area contributed by atoms with Crippen molar-refractivity contribution in [3.63, 3.8) is 0 Å². The Morgan fingerprint density at radius 1 is 1.44 bits per heavy atom. The third-order valence-corrected chi connectivity index (χ3v) is 2.57. The topological polar surface area (TPSA) is 65.0 Å². The number of rotatable bonds is 5. The first-order valence-corrected chi connectivity index (χ1v) is 5.69. The standard InChI is InChI=1S/C11H12BrFO5/c1-16-10(14)9(11(15)17-2)18-8-5-6(12)3-4-7(8)13/h3-5,9-10,14H,1-2H3. The van der Waals surface area contributed by atoms with Gasteiger partial charge in [-0.1, -0.05) is 15.9 Å². The molecule has 0 aliphatic carbocycles. The highest BCUT2D eigenvalue weighted by Crippen LogP contribution is 2.24. The van der Waals surface area contributed by atoms with Gasteiger partial charge in [-0.3, -0.25) is 0 Å². The summed E-state index contributed by atoms with van der Waals surface area (Å²) in [6, 6.07) is 3.96. The third-order valence-electron chi connectivity index (χ3n) is 2.08. The van der Waals surface area contributed by atoms with Crippen molar-refractivity contribution in [2.24, 2.45) is 0 Å². The van der Waals surface area contributed by atoms with E-state index in [0.29, 0.717) is 4.47 Å². The molecule has 1 N–H and O–H groups in total. The summed E-state index contributed by atoms with van der Waals surface area (Å²) in [7, 11) is 2.31. The summed E-state index contributed by atoms with van der Waals surface area (Å²) in [6.45, 7) is 0. The SMILES string of the molecule is COC(=O)C(Oc1cc(Br)ccc1F)C(O)OC. The first-order valence-electron chi connectivity index (χ1n) is 4.90. The lowest BCUT2D eigenvalue weighted by Crippen LogP contribution is -2.41. The summed E-state index contributed by atoms with van der Waals surface area (Å²) in [5, 5.41) is 9.46. The van der Waals surface area contributed by atoms with Crippen LogP contribution in [0.2, 0.25) is 0 Å². The molecule has 0 aliphatic heterocycles. The van der Waals surface area contributed by atoms with Crippen molar-refractivity contribution in [2.45, 2.75) is 12.4 Å². The summed E-state index contributed by atoms with van der Waals surface area (Å²) < 4.78 is 28.1. The minimum atomic E-state index is -1.56. The van der Waals surface area contributed by atoms with E-state index in [9.17, 15) is 14.3 Å². The van der Waals surface area contributed by atoms with E-state index in [2.05, 4.69) is 25.4 Å². The molecule has 5 nitrogen and oxygen atoms in total. The van der Waals surface area contributed by atoms with Crippen LogP contribution in [0.1, 0.15) is 0 Å². The number of aliphatic hydroxyl groups is 1. The first-order chi connectivity index (χ1) is 8.49. The molecule has 0 radical (unpaired) electrons. The van der Waals surface area contributed by atoms with Gasteiger partial charge in [0.2, 0.25) is 12.4 Å². The molecule has 0 bridgehead atoms. The van der Waals surface area contributed by atoms with Gasteiger partial charge in [-0.25, -0.2) is 9.18 Å². The van der Waals surface area contributed by atoms with Crippen molar-refractivity contribution >= 4 is 21.9 Å². The van der Waals surface area contributed by atoms with Gasteiger partial charge in [0, 0.05) is 11.6 Å². The fraction of sp³-hybridized carbons (Fsp3) is 0.364. The smallest absolute Gasteiger partial charge is 0.352 e. The van der Waals surface area contributed by atoms with Crippen molar-refractivity contribution in [3.05, 3.63) is 28.5 Å². The number of methoxy groups -OCH3 is 2. The average Bonchev–Trinajstić information content (AvgIpc) is 2.38. The Hall–Kier alpha value is -1.18. The van der Waals surface area contributed by atoms with Crippen molar-refractivity contribution in [1.82, 2.24) is 0 Å². The highest BCUT2D eigenvalue weighted by atomic mass is 79.9. The maximum Gasteiger partial charge on any atom is 0.352 e. The van der Waals surface area contributed by atoms with Crippen LogP contribution in [-0.4, -0.2) is 37.7 Å². The number of aliphatic hydroxyl groups excluding tert-OH is 1. The zero-order valence-electron chi connectivity index (χ0n) is 9.72. The Labute approximate surface area is 112 Å². The zero-order chi connectivity index (χ0) is 13.7. The first kappa shape index (κ1) is 14.9. The molecule has 0 fully saturated rings. The Balaban J connectivity index is 2.95. The normalized spacial score (nSPS) is 13.8. The molecule has 0 amide bonds. The Kier molecular flexibility index (Phi) is 5.52. The molecule has 100 valence electrons. The van der Waals surface area contributed by atoms with Gasteiger partial charge >= 0.3 is 5.97 Å². The molecule has 18 heavy (non-hydrogen) atoms. The van der Waals surface area contributed by atoms with Crippen LogP contribution in [-0.2, 0) is 14.3 Å². The Bertz CT molecular complexity index is 426. The van der Waals surface area contributed by atoms with E-state index in [1.807, 2.05) is 0 Å². The van der Waals surface area contributed by atoms with Gasteiger partial charge in [0.1, 0.15) is 0 Å². The number of carbonyl (C=O) groups is 1. The van der Waals surface area contributed by atoms with Crippen molar-refractivity contribution in [3.8, 4) is 5.75 Å². The van der Waals surface area contributed by atoms with Gasteiger partial charge in [0.25, 0.3) is 0 Å². The van der Waals surface area contributed by atoms with Gasteiger partial charge in [-0.15, -0.1) is 0 Å². The third kappa shape index (κ3) is 3.66. The number of hydrogen-bond acceptors (Lipinski definition) is 5. The van der Waals surface area contributed by atoms with E-state index < -0.39 is 24.2 Å². The summed E-state index contributed by atoms with van der Waals surface area (Å²) in [5.74, 6) is -1.74. The molecule has 0 saturated heterocycles. The molecule has 0 spiro atoms. The predicted molar refractivity (Wildman–Crippen MR) is 63.5 cm³/mol. The molecule has 7 heteroatoms. The van der Waals surface area contributed by atoms with E-state index in [-0.39, 0.29) is 5.75 Å². The average molecular weight is 323 g/mol. The second kappa shape index (κ2) is 6.67. The van der Waals surface area contributed by atoms with Gasteiger partial charge < -0.3 is 19.3 Å². The zero-order valence-corrected chi connectivity index (χ0v) is 11.3. The predicted octanol–water partition coefficient (Wildman–Crippen LogP) is 1.47. The molecule has 1 aromatic carbocycles. The minimum absolute atomic E-state index is 0.198. The maximum absolute atomic E-state index is 13.4. The number of halogens is 2. The highest BCUT2D eigenvalue weighted by Gasteiger charge is 2.31.